The van der Waals surface area contributed by atoms with E-state index in [1.54, 1.807) is 13.8 Å². The van der Waals surface area contributed by atoms with Crippen LogP contribution in [0.1, 0.15) is 39.5 Å². The predicted molar refractivity (Wildman–Crippen MR) is 59.5 cm³/mol. The molecule has 17 heavy (non-hydrogen) atoms. The Morgan fingerprint density at radius 3 is 2.06 bits per heavy atom. The van der Waals surface area contributed by atoms with Crippen LogP contribution >= 0.6 is 0 Å². The van der Waals surface area contributed by atoms with Gasteiger partial charge in [0.2, 0.25) is 0 Å². The number of hydrogen-bond donors (Lipinski definition) is 4. The smallest absolute Gasteiger partial charge is 0.310 e. The normalized spacial score (nSPS) is 18.1. The van der Waals surface area contributed by atoms with E-state index in [1.807, 2.05) is 0 Å². The molecular formula is C11H20O6. The fourth-order valence-corrected chi connectivity index (χ4v) is 1.98. The molecule has 0 aromatic rings. The van der Waals surface area contributed by atoms with Crippen LogP contribution < -0.4 is 0 Å². The number of hydrogen-bond acceptors (Lipinski definition) is 4. The molecule has 0 rings (SSSR count). The maximum absolute atomic E-state index is 11.0. The average Bonchev–Trinajstić information content (AvgIpc) is 2.24. The van der Waals surface area contributed by atoms with Gasteiger partial charge in [-0.1, -0.05) is 20.3 Å². The first-order valence-electron chi connectivity index (χ1n) is 5.64. The molecule has 0 heterocycles. The van der Waals surface area contributed by atoms with E-state index in [0.717, 1.165) is 0 Å². The number of aliphatic hydroxyl groups excluding tert-OH is 1. The number of carboxylic acids is 2. The van der Waals surface area contributed by atoms with Crippen molar-refractivity contribution < 1.29 is 30.0 Å². The fraction of sp³-hybridized carbons (Fsp3) is 0.818. The SMILES string of the molecule is CCCC(O)(C(O)CC)C(CC(=O)O)C(=O)O. The molecule has 0 fully saturated rings. The first-order chi connectivity index (χ1) is 7.79. The minimum Gasteiger partial charge on any atom is -0.481 e. The van der Waals surface area contributed by atoms with Crippen LogP contribution in [0.25, 0.3) is 0 Å². The van der Waals surface area contributed by atoms with Gasteiger partial charge in [-0.3, -0.25) is 9.59 Å². The summed E-state index contributed by atoms with van der Waals surface area (Å²) < 4.78 is 0. The van der Waals surface area contributed by atoms with E-state index in [-0.39, 0.29) is 12.8 Å². The monoisotopic (exact) mass is 248 g/mol. The number of carboxylic acid groups (broad SMARTS) is 2. The number of aliphatic hydroxyl groups is 2. The summed E-state index contributed by atoms with van der Waals surface area (Å²) in [5.74, 6) is -4.22. The van der Waals surface area contributed by atoms with Gasteiger partial charge in [-0.15, -0.1) is 0 Å². The van der Waals surface area contributed by atoms with Gasteiger partial charge in [0.25, 0.3) is 0 Å². The van der Waals surface area contributed by atoms with E-state index < -0.39 is 36.0 Å². The van der Waals surface area contributed by atoms with E-state index >= 15 is 0 Å². The standard InChI is InChI=1S/C11H20O6/c1-3-5-11(17,8(12)4-2)7(10(15)16)6-9(13)14/h7-8,12,17H,3-6H2,1-2H3,(H,13,14)(H,15,16). The van der Waals surface area contributed by atoms with E-state index in [0.29, 0.717) is 6.42 Å². The Hall–Kier alpha value is -1.14. The zero-order valence-electron chi connectivity index (χ0n) is 10.1. The van der Waals surface area contributed by atoms with Crippen LogP contribution in [0.15, 0.2) is 0 Å². The Kier molecular flexibility index (Phi) is 6.12. The summed E-state index contributed by atoms with van der Waals surface area (Å²) in [5, 5.41) is 37.7. The lowest BCUT2D eigenvalue weighted by molar-refractivity contribution is -0.172. The van der Waals surface area contributed by atoms with Crippen LogP contribution in [0.3, 0.4) is 0 Å². The highest BCUT2D eigenvalue weighted by molar-refractivity contribution is 5.79. The maximum atomic E-state index is 11.0. The number of carbonyl (C=O) groups is 2. The van der Waals surface area contributed by atoms with Gasteiger partial charge in [0.1, 0.15) is 5.60 Å². The van der Waals surface area contributed by atoms with Crippen LogP contribution in [0.2, 0.25) is 0 Å². The molecule has 4 N–H and O–H groups in total. The molecule has 0 aromatic heterocycles. The predicted octanol–water partition coefficient (Wildman–Crippen LogP) is 0.464. The highest BCUT2D eigenvalue weighted by Crippen LogP contribution is 2.31. The van der Waals surface area contributed by atoms with Crippen LogP contribution in [-0.4, -0.2) is 44.1 Å². The molecule has 6 heteroatoms. The lowest BCUT2D eigenvalue weighted by atomic mass is 9.76. The zero-order valence-corrected chi connectivity index (χ0v) is 10.1. The van der Waals surface area contributed by atoms with Gasteiger partial charge in [-0.05, 0) is 12.8 Å². The summed E-state index contributed by atoms with van der Waals surface area (Å²) in [6, 6.07) is 0. The Bertz CT molecular complexity index is 277. The van der Waals surface area contributed by atoms with Gasteiger partial charge >= 0.3 is 11.9 Å². The van der Waals surface area contributed by atoms with E-state index in [2.05, 4.69) is 0 Å². The summed E-state index contributed by atoms with van der Waals surface area (Å²) in [6.45, 7) is 3.33. The van der Waals surface area contributed by atoms with Crippen molar-refractivity contribution in [1.82, 2.24) is 0 Å². The van der Waals surface area contributed by atoms with E-state index in [9.17, 15) is 19.8 Å². The van der Waals surface area contributed by atoms with E-state index in [1.165, 1.54) is 0 Å². The largest absolute Gasteiger partial charge is 0.481 e. The van der Waals surface area contributed by atoms with Gasteiger partial charge in [0.05, 0.1) is 18.4 Å². The van der Waals surface area contributed by atoms with Gasteiger partial charge in [-0.2, -0.15) is 0 Å². The van der Waals surface area contributed by atoms with Gasteiger partial charge in [0.15, 0.2) is 0 Å². The summed E-state index contributed by atoms with van der Waals surface area (Å²) in [7, 11) is 0. The van der Waals surface area contributed by atoms with Crippen molar-refractivity contribution >= 4 is 11.9 Å². The topological polar surface area (TPSA) is 115 Å². The molecule has 0 aliphatic rings. The quantitative estimate of drug-likeness (QED) is 0.496. The summed E-state index contributed by atoms with van der Waals surface area (Å²) in [6.07, 6.45) is -1.28. The fourth-order valence-electron chi connectivity index (χ4n) is 1.98. The van der Waals surface area contributed by atoms with Gasteiger partial charge < -0.3 is 20.4 Å². The minimum absolute atomic E-state index is 0.0479. The van der Waals surface area contributed by atoms with Crippen molar-refractivity contribution in [3.63, 3.8) is 0 Å². The van der Waals surface area contributed by atoms with Crippen molar-refractivity contribution in [2.75, 3.05) is 0 Å². The molecule has 3 atom stereocenters. The molecule has 100 valence electrons. The second-order valence-corrected chi connectivity index (χ2v) is 4.15. The molecule has 0 bridgehead atoms. The first-order valence-corrected chi connectivity index (χ1v) is 5.64. The van der Waals surface area contributed by atoms with Crippen LogP contribution in [0, 0.1) is 5.92 Å². The van der Waals surface area contributed by atoms with Gasteiger partial charge in [-0.25, -0.2) is 0 Å². The third-order valence-corrected chi connectivity index (χ3v) is 2.89. The Labute approximate surface area is 99.9 Å². The molecule has 0 aromatic carbocycles. The molecular weight excluding hydrogens is 228 g/mol. The summed E-state index contributed by atoms with van der Waals surface area (Å²) in [5.41, 5.74) is -1.90. The van der Waals surface area contributed by atoms with Gasteiger partial charge in [0, 0.05) is 0 Å². The molecule has 0 saturated heterocycles. The molecule has 0 radical (unpaired) electrons. The second-order valence-electron chi connectivity index (χ2n) is 4.15. The lowest BCUT2D eigenvalue weighted by Crippen LogP contribution is -2.52. The third kappa shape index (κ3) is 3.98. The summed E-state index contributed by atoms with van der Waals surface area (Å²) >= 11 is 0. The molecule has 3 unspecified atom stereocenters. The minimum atomic E-state index is -1.90. The highest BCUT2D eigenvalue weighted by atomic mass is 16.4. The van der Waals surface area contributed by atoms with Crippen molar-refractivity contribution in [3.8, 4) is 0 Å². The number of aliphatic carboxylic acids is 2. The van der Waals surface area contributed by atoms with Crippen molar-refractivity contribution in [2.24, 2.45) is 5.92 Å². The van der Waals surface area contributed by atoms with Crippen LogP contribution in [-0.2, 0) is 9.59 Å². The van der Waals surface area contributed by atoms with Crippen molar-refractivity contribution in [3.05, 3.63) is 0 Å². The van der Waals surface area contributed by atoms with Crippen molar-refractivity contribution in [2.45, 2.75) is 51.2 Å². The average molecular weight is 248 g/mol. The van der Waals surface area contributed by atoms with Crippen LogP contribution in [0.4, 0.5) is 0 Å². The molecule has 0 spiro atoms. The molecule has 6 nitrogen and oxygen atoms in total. The Balaban J connectivity index is 5.20. The Morgan fingerprint density at radius 2 is 1.76 bits per heavy atom. The lowest BCUT2D eigenvalue weighted by Gasteiger charge is -2.36. The molecule has 0 amide bonds. The molecule has 0 saturated carbocycles. The highest BCUT2D eigenvalue weighted by Gasteiger charge is 2.46. The zero-order chi connectivity index (χ0) is 13.6. The second kappa shape index (κ2) is 6.56. The van der Waals surface area contributed by atoms with E-state index in [4.69, 9.17) is 10.2 Å². The van der Waals surface area contributed by atoms with Crippen molar-refractivity contribution in [1.29, 1.82) is 0 Å². The Morgan fingerprint density at radius 1 is 1.24 bits per heavy atom. The molecule has 0 aliphatic heterocycles. The third-order valence-electron chi connectivity index (χ3n) is 2.89. The van der Waals surface area contributed by atoms with Crippen LogP contribution in [0.5, 0.6) is 0 Å². The number of rotatable bonds is 8. The summed E-state index contributed by atoms with van der Waals surface area (Å²) in [4.78, 5) is 21.7. The maximum Gasteiger partial charge on any atom is 0.310 e. The first kappa shape index (κ1) is 15.9. The molecule has 0 aliphatic carbocycles.